The summed E-state index contributed by atoms with van der Waals surface area (Å²) < 4.78 is 9.62. The van der Waals surface area contributed by atoms with Gasteiger partial charge in [0.1, 0.15) is 6.04 Å². The molecule has 0 bridgehead atoms. The largest absolute Gasteiger partial charge is 0.503 e. The van der Waals surface area contributed by atoms with Crippen molar-refractivity contribution in [2.45, 2.75) is 19.9 Å². The number of pyridine rings is 1. The minimum atomic E-state index is -0.833. The van der Waals surface area contributed by atoms with Crippen LogP contribution in [0.4, 0.5) is 0 Å². The van der Waals surface area contributed by atoms with Gasteiger partial charge in [0, 0.05) is 12.3 Å². The quantitative estimate of drug-likeness (QED) is 0.754. The SMILES string of the molecule is CCOC(=O)[C@H](C)NC(=O)c1nccc(OC)c1O. The third-order valence-electron chi connectivity index (χ3n) is 2.31. The Kier molecular flexibility index (Phi) is 5.11. The Bertz CT molecular complexity index is 475. The third kappa shape index (κ3) is 3.57. The number of nitrogens with zero attached hydrogens (tertiary/aromatic N) is 1. The second-order valence-electron chi connectivity index (χ2n) is 3.66. The van der Waals surface area contributed by atoms with E-state index in [2.05, 4.69) is 10.3 Å². The second kappa shape index (κ2) is 6.58. The van der Waals surface area contributed by atoms with Crippen LogP contribution in [0.1, 0.15) is 24.3 Å². The summed E-state index contributed by atoms with van der Waals surface area (Å²) in [6, 6.07) is 0.584. The van der Waals surface area contributed by atoms with E-state index in [4.69, 9.17) is 9.47 Å². The lowest BCUT2D eigenvalue weighted by Crippen LogP contribution is -2.39. The first kappa shape index (κ1) is 14.7. The number of ether oxygens (including phenoxy) is 2. The van der Waals surface area contributed by atoms with Gasteiger partial charge in [-0.2, -0.15) is 0 Å². The number of amides is 1. The molecule has 1 amide bonds. The molecule has 1 aromatic rings. The number of aromatic hydroxyl groups is 1. The molecule has 0 radical (unpaired) electrons. The Hall–Kier alpha value is -2.31. The molecule has 0 spiro atoms. The highest BCUT2D eigenvalue weighted by molar-refractivity contribution is 5.97. The maximum Gasteiger partial charge on any atom is 0.328 e. The van der Waals surface area contributed by atoms with Crippen molar-refractivity contribution < 1.29 is 24.2 Å². The highest BCUT2D eigenvalue weighted by atomic mass is 16.5. The normalized spacial score (nSPS) is 11.5. The van der Waals surface area contributed by atoms with Crippen molar-refractivity contribution >= 4 is 11.9 Å². The van der Waals surface area contributed by atoms with Crippen LogP contribution in [0.2, 0.25) is 0 Å². The molecule has 0 aliphatic carbocycles. The van der Waals surface area contributed by atoms with Crippen molar-refractivity contribution in [2.24, 2.45) is 0 Å². The van der Waals surface area contributed by atoms with Crippen molar-refractivity contribution in [1.29, 1.82) is 0 Å². The average Bonchev–Trinajstić information content (AvgIpc) is 2.39. The molecule has 1 heterocycles. The second-order valence-corrected chi connectivity index (χ2v) is 3.66. The Labute approximate surface area is 110 Å². The first-order chi connectivity index (χ1) is 9.01. The van der Waals surface area contributed by atoms with Crippen LogP contribution in [0.3, 0.4) is 0 Å². The van der Waals surface area contributed by atoms with E-state index in [9.17, 15) is 14.7 Å². The van der Waals surface area contributed by atoms with E-state index in [1.807, 2.05) is 0 Å². The van der Waals surface area contributed by atoms with Gasteiger partial charge in [-0.1, -0.05) is 0 Å². The van der Waals surface area contributed by atoms with Crippen molar-refractivity contribution in [1.82, 2.24) is 10.3 Å². The zero-order chi connectivity index (χ0) is 14.4. The molecule has 0 saturated heterocycles. The lowest BCUT2D eigenvalue weighted by molar-refractivity contribution is -0.144. The Morgan fingerprint density at radius 2 is 2.21 bits per heavy atom. The summed E-state index contributed by atoms with van der Waals surface area (Å²) in [6.45, 7) is 3.37. The number of methoxy groups -OCH3 is 1. The number of hydrogen-bond acceptors (Lipinski definition) is 6. The van der Waals surface area contributed by atoms with Crippen LogP contribution < -0.4 is 10.1 Å². The zero-order valence-corrected chi connectivity index (χ0v) is 11.0. The lowest BCUT2D eigenvalue weighted by atomic mass is 10.2. The summed E-state index contributed by atoms with van der Waals surface area (Å²) in [7, 11) is 1.36. The number of rotatable bonds is 5. The van der Waals surface area contributed by atoms with Gasteiger partial charge in [-0.05, 0) is 13.8 Å². The fourth-order valence-electron chi connectivity index (χ4n) is 1.36. The molecular weight excluding hydrogens is 252 g/mol. The molecule has 1 atom stereocenters. The van der Waals surface area contributed by atoms with Gasteiger partial charge in [-0.3, -0.25) is 4.79 Å². The van der Waals surface area contributed by atoms with E-state index in [1.165, 1.54) is 26.3 Å². The van der Waals surface area contributed by atoms with Crippen LogP contribution in [0.25, 0.3) is 0 Å². The molecule has 19 heavy (non-hydrogen) atoms. The van der Waals surface area contributed by atoms with Crippen LogP contribution in [0.15, 0.2) is 12.3 Å². The number of esters is 1. The molecular formula is C12H16N2O5. The summed E-state index contributed by atoms with van der Waals surface area (Å²) in [6.07, 6.45) is 1.32. The van der Waals surface area contributed by atoms with Gasteiger partial charge in [-0.25, -0.2) is 9.78 Å². The fourth-order valence-corrected chi connectivity index (χ4v) is 1.36. The Morgan fingerprint density at radius 1 is 1.53 bits per heavy atom. The predicted molar refractivity (Wildman–Crippen MR) is 66.0 cm³/mol. The van der Waals surface area contributed by atoms with Crippen LogP contribution >= 0.6 is 0 Å². The average molecular weight is 268 g/mol. The van der Waals surface area contributed by atoms with Gasteiger partial charge in [0.25, 0.3) is 5.91 Å². The number of carbonyl (C=O) groups is 2. The highest BCUT2D eigenvalue weighted by Gasteiger charge is 2.22. The van der Waals surface area contributed by atoms with E-state index in [1.54, 1.807) is 6.92 Å². The molecule has 0 aliphatic heterocycles. The summed E-state index contributed by atoms with van der Waals surface area (Å²) in [5.74, 6) is -1.49. The minimum Gasteiger partial charge on any atom is -0.503 e. The van der Waals surface area contributed by atoms with E-state index in [0.717, 1.165) is 0 Å². The van der Waals surface area contributed by atoms with Gasteiger partial charge < -0.3 is 19.9 Å². The van der Waals surface area contributed by atoms with Crippen molar-refractivity contribution in [2.75, 3.05) is 13.7 Å². The van der Waals surface area contributed by atoms with Crippen molar-refractivity contribution in [3.8, 4) is 11.5 Å². The molecule has 0 aromatic carbocycles. The van der Waals surface area contributed by atoms with Crippen LogP contribution in [-0.2, 0) is 9.53 Å². The monoisotopic (exact) mass is 268 g/mol. The van der Waals surface area contributed by atoms with Crippen LogP contribution in [-0.4, -0.2) is 41.7 Å². The number of carbonyl (C=O) groups excluding carboxylic acids is 2. The Balaban J connectivity index is 2.81. The van der Waals surface area contributed by atoms with Gasteiger partial charge in [0.05, 0.1) is 13.7 Å². The number of hydrogen-bond donors (Lipinski definition) is 2. The van der Waals surface area contributed by atoms with E-state index in [-0.39, 0.29) is 23.8 Å². The molecule has 0 fully saturated rings. The Morgan fingerprint density at radius 3 is 2.79 bits per heavy atom. The van der Waals surface area contributed by atoms with Gasteiger partial charge in [0.15, 0.2) is 17.2 Å². The molecule has 2 N–H and O–H groups in total. The first-order valence-corrected chi connectivity index (χ1v) is 5.70. The topological polar surface area (TPSA) is 97.8 Å². The molecule has 0 saturated carbocycles. The standard InChI is InChI=1S/C12H16N2O5/c1-4-19-12(17)7(2)14-11(16)9-10(15)8(18-3)5-6-13-9/h5-7,15H,4H2,1-3H3,(H,14,16)/t7-/m0/s1. The number of aromatic nitrogens is 1. The third-order valence-corrected chi connectivity index (χ3v) is 2.31. The van der Waals surface area contributed by atoms with Crippen LogP contribution in [0.5, 0.6) is 11.5 Å². The molecule has 1 aromatic heterocycles. The van der Waals surface area contributed by atoms with Gasteiger partial charge >= 0.3 is 5.97 Å². The van der Waals surface area contributed by atoms with E-state index in [0.29, 0.717) is 0 Å². The summed E-state index contributed by atoms with van der Waals surface area (Å²) in [4.78, 5) is 27.0. The van der Waals surface area contributed by atoms with Crippen molar-refractivity contribution in [3.05, 3.63) is 18.0 Å². The number of nitrogens with one attached hydrogen (secondary N) is 1. The van der Waals surface area contributed by atoms with Crippen LogP contribution in [0, 0.1) is 0 Å². The first-order valence-electron chi connectivity index (χ1n) is 5.70. The molecule has 1 rings (SSSR count). The smallest absolute Gasteiger partial charge is 0.328 e. The maximum atomic E-state index is 11.9. The highest BCUT2D eigenvalue weighted by Crippen LogP contribution is 2.27. The van der Waals surface area contributed by atoms with Gasteiger partial charge in [0.2, 0.25) is 0 Å². The minimum absolute atomic E-state index is 0.129. The van der Waals surface area contributed by atoms with E-state index >= 15 is 0 Å². The lowest BCUT2D eigenvalue weighted by Gasteiger charge is -2.13. The summed E-state index contributed by atoms with van der Waals surface area (Å²) in [5, 5.41) is 12.1. The molecule has 7 heteroatoms. The summed E-state index contributed by atoms with van der Waals surface area (Å²) >= 11 is 0. The maximum absolute atomic E-state index is 11.9. The summed E-state index contributed by atoms with van der Waals surface area (Å²) in [5.41, 5.74) is -0.213. The molecule has 0 unspecified atom stereocenters. The molecule has 7 nitrogen and oxygen atoms in total. The molecule has 104 valence electrons. The fraction of sp³-hybridized carbons (Fsp3) is 0.417. The van der Waals surface area contributed by atoms with Gasteiger partial charge in [-0.15, -0.1) is 0 Å². The van der Waals surface area contributed by atoms with Crippen molar-refractivity contribution in [3.63, 3.8) is 0 Å². The predicted octanol–water partition coefficient (Wildman–Crippen LogP) is 0.477. The molecule has 0 aliphatic rings. The van der Waals surface area contributed by atoms with E-state index < -0.39 is 17.9 Å². The zero-order valence-electron chi connectivity index (χ0n) is 11.0.